The smallest absolute Gasteiger partial charge is 0.399 e. The third-order valence-corrected chi connectivity index (χ3v) is 2.34. The van der Waals surface area contributed by atoms with Crippen molar-refractivity contribution in [1.82, 2.24) is 10.3 Å². The van der Waals surface area contributed by atoms with Gasteiger partial charge in [-0.2, -0.15) is 4.98 Å². The van der Waals surface area contributed by atoms with Crippen LogP contribution in [-0.2, 0) is 6.54 Å². The maximum atomic E-state index is 5.48. The fraction of sp³-hybridized carbons (Fsp3) is 0.357. The van der Waals surface area contributed by atoms with Crippen LogP contribution in [0.4, 0.5) is 0 Å². The molecular weight excluding hydrogens is 228 g/mol. The van der Waals surface area contributed by atoms with Crippen LogP contribution in [0.25, 0.3) is 0 Å². The predicted octanol–water partition coefficient (Wildman–Crippen LogP) is 3.21. The summed E-state index contributed by atoms with van der Waals surface area (Å²) in [4.78, 5) is 4.25. The Morgan fingerprint density at radius 2 is 2.06 bits per heavy atom. The molecule has 4 nitrogen and oxygen atoms in total. The molecule has 96 valence electrons. The second-order valence-corrected chi connectivity index (χ2v) is 4.54. The molecule has 2 aromatic rings. The fourth-order valence-electron chi connectivity index (χ4n) is 1.49. The highest BCUT2D eigenvalue weighted by Gasteiger charge is 2.06. The van der Waals surface area contributed by atoms with Gasteiger partial charge in [-0.3, -0.25) is 0 Å². The summed E-state index contributed by atoms with van der Waals surface area (Å²) in [5, 5.41) is 3.30. The minimum absolute atomic E-state index is 0.280. The van der Waals surface area contributed by atoms with Gasteiger partial charge in [0.2, 0.25) is 0 Å². The Bertz CT molecular complexity index is 466. The summed E-state index contributed by atoms with van der Waals surface area (Å²) in [6.07, 6.45) is 1.90. The van der Waals surface area contributed by atoms with Crippen molar-refractivity contribution in [3.8, 4) is 11.8 Å². The molecule has 0 aliphatic heterocycles. The first-order chi connectivity index (χ1) is 8.74. The van der Waals surface area contributed by atoms with E-state index in [1.54, 1.807) is 6.26 Å². The fourth-order valence-corrected chi connectivity index (χ4v) is 1.49. The molecule has 4 heteroatoms. The van der Waals surface area contributed by atoms with Gasteiger partial charge in [-0.25, -0.2) is 0 Å². The zero-order valence-corrected chi connectivity index (χ0v) is 10.7. The maximum absolute atomic E-state index is 5.48. The summed E-state index contributed by atoms with van der Waals surface area (Å²) < 4.78 is 10.7. The molecule has 0 bridgehead atoms. The number of aromatic nitrogens is 1. The van der Waals surface area contributed by atoms with Gasteiger partial charge in [0, 0.05) is 6.54 Å². The molecule has 0 amide bonds. The SMILES string of the molecule is CC(C)CNCc1coc(Oc2ccccc2)n1. The third kappa shape index (κ3) is 3.89. The van der Waals surface area contributed by atoms with E-state index in [9.17, 15) is 0 Å². The molecule has 0 aliphatic rings. The minimum atomic E-state index is 0.280. The minimum Gasteiger partial charge on any atom is -0.417 e. The Morgan fingerprint density at radius 1 is 1.28 bits per heavy atom. The number of benzene rings is 1. The molecule has 0 atom stereocenters. The van der Waals surface area contributed by atoms with E-state index in [1.807, 2.05) is 30.3 Å². The van der Waals surface area contributed by atoms with E-state index in [0.717, 1.165) is 18.0 Å². The lowest BCUT2D eigenvalue weighted by atomic mass is 10.2. The van der Waals surface area contributed by atoms with Crippen molar-refractivity contribution in [2.45, 2.75) is 20.4 Å². The molecule has 0 spiro atoms. The highest BCUT2D eigenvalue weighted by atomic mass is 16.6. The van der Waals surface area contributed by atoms with Gasteiger partial charge in [-0.1, -0.05) is 32.0 Å². The van der Waals surface area contributed by atoms with Gasteiger partial charge in [0.15, 0.2) is 0 Å². The largest absolute Gasteiger partial charge is 0.417 e. The molecule has 0 saturated carbocycles. The number of nitrogens with one attached hydrogen (secondary N) is 1. The summed E-state index contributed by atoms with van der Waals surface area (Å²) in [6, 6.07) is 9.47. The van der Waals surface area contributed by atoms with Crippen LogP contribution in [0.15, 0.2) is 41.0 Å². The number of nitrogens with zero attached hydrogens (tertiary/aromatic N) is 1. The molecule has 0 aliphatic carbocycles. The number of oxazole rings is 1. The van der Waals surface area contributed by atoms with Gasteiger partial charge >= 0.3 is 6.08 Å². The average Bonchev–Trinajstić information content (AvgIpc) is 2.78. The van der Waals surface area contributed by atoms with Crippen LogP contribution in [0.5, 0.6) is 11.8 Å². The Kier molecular flexibility index (Phi) is 4.36. The first-order valence-corrected chi connectivity index (χ1v) is 6.12. The lowest BCUT2D eigenvalue weighted by molar-refractivity contribution is 0.331. The number of ether oxygens (including phenoxy) is 1. The Morgan fingerprint density at radius 3 is 2.78 bits per heavy atom. The topological polar surface area (TPSA) is 47.3 Å². The normalized spacial score (nSPS) is 10.8. The van der Waals surface area contributed by atoms with Gasteiger partial charge in [0.25, 0.3) is 0 Å². The number of hydrogen-bond donors (Lipinski definition) is 1. The van der Waals surface area contributed by atoms with E-state index < -0.39 is 0 Å². The van der Waals surface area contributed by atoms with E-state index >= 15 is 0 Å². The standard InChI is InChI=1S/C14H18N2O2/c1-11(2)8-15-9-12-10-17-14(16-12)18-13-6-4-3-5-7-13/h3-7,10-11,15H,8-9H2,1-2H3. The summed E-state index contributed by atoms with van der Waals surface area (Å²) in [6.45, 7) is 5.99. The third-order valence-electron chi connectivity index (χ3n) is 2.34. The van der Waals surface area contributed by atoms with Crippen LogP contribution in [0.1, 0.15) is 19.5 Å². The van der Waals surface area contributed by atoms with Gasteiger partial charge < -0.3 is 14.5 Å². The lowest BCUT2D eigenvalue weighted by Crippen LogP contribution is -2.19. The number of hydrogen-bond acceptors (Lipinski definition) is 4. The van der Waals surface area contributed by atoms with Crippen molar-refractivity contribution < 1.29 is 9.15 Å². The monoisotopic (exact) mass is 246 g/mol. The van der Waals surface area contributed by atoms with Crippen molar-refractivity contribution in [3.63, 3.8) is 0 Å². The number of para-hydroxylation sites is 1. The van der Waals surface area contributed by atoms with Gasteiger partial charge in [-0.05, 0) is 24.6 Å². The molecule has 1 heterocycles. The quantitative estimate of drug-likeness (QED) is 0.850. The Labute approximate surface area is 107 Å². The second-order valence-electron chi connectivity index (χ2n) is 4.54. The van der Waals surface area contributed by atoms with Crippen molar-refractivity contribution in [2.75, 3.05) is 6.54 Å². The molecule has 1 N–H and O–H groups in total. The zero-order chi connectivity index (χ0) is 12.8. The highest BCUT2D eigenvalue weighted by molar-refractivity contribution is 5.23. The van der Waals surface area contributed by atoms with Crippen molar-refractivity contribution in [2.24, 2.45) is 5.92 Å². The van der Waals surface area contributed by atoms with Gasteiger partial charge in [0.1, 0.15) is 12.0 Å². The summed E-state index contributed by atoms with van der Waals surface area (Å²) in [7, 11) is 0. The predicted molar refractivity (Wildman–Crippen MR) is 69.6 cm³/mol. The van der Waals surface area contributed by atoms with Gasteiger partial charge in [-0.15, -0.1) is 0 Å². The Hall–Kier alpha value is -1.81. The molecule has 0 radical (unpaired) electrons. The average molecular weight is 246 g/mol. The first-order valence-electron chi connectivity index (χ1n) is 6.12. The van der Waals surface area contributed by atoms with E-state index in [-0.39, 0.29) is 6.08 Å². The molecule has 18 heavy (non-hydrogen) atoms. The maximum Gasteiger partial charge on any atom is 0.399 e. The van der Waals surface area contributed by atoms with Crippen LogP contribution in [0.3, 0.4) is 0 Å². The van der Waals surface area contributed by atoms with Crippen LogP contribution >= 0.6 is 0 Å². The van der Waals surface area contributed by atoms with E-state index in [2.05, 4.69) is 24.1 Å². The van der Waals surface area contributed by atoms with Crippen molar-refractivity contribution in [1.29, 1.82) is 0 Å². The number of rotatable bonds is 6. The van der Waals surface area contributed by atoms with E-state index in [4.69, 9.17) is 9.15 Å². The van der Waals surface area contributed by atoms with E-state index in [1.165, 1.54) is 0 Å². The molecule has 0 fully saturated rings. The summed E-state index contributed by atoms with van der Waals surface area (Å²) in [5.74, 6) is 1.35. The molecule has 0 unspecified atom stereocenters. The Balaban J connectivity index is 1.86. The molecule has 0 saturated heterocycles. The zero-order valence-electron chi connectivity index (χ0n) is 10.7. The first kappa shape index (κ1) is 12.6. The summed E-state index contributed by atoms with van der Waals surface area (Å²) >= 11 is 0. The highest BCUT2D eigenvalue weighted by Crippen LogP contribution is 2.19. The lowest BCUT2D eigenvalue weighted by Gasteiger charge is -2.04. The molecule has 1 aromatic heterocycles. The molecule has 1 aromatic carbocycles. The van der Waals surface area contributed by atoms with Crippen molar-refractivity contribution >= 4 is 0 Å². The van der Waals surface area contributed by atoms with Crippen LogP contribution in [-0.4, -0.2) is 11.5 Å². The molecular formula is C14H18N2O2. The van der Waals surface area contributed by atoms with Crippen LogP contribution in [0, 0.1) is 5.92 Å². The van der Waals surface area contributed by atoms with Crippen molar-refractivity contribution in [3.05, 3.63) is 42.3 Å². The molecule has 2 rings (SSSR count). The van der Waals surface area contributed by atoms with Crippen LogP contribution < -0.4 is 10.1 Å². The van der Waals surface area contributed by atoms with Crippen LogP contribution in [0.2, 0.25) is 0 Å². The van der Waals surface area contributed by atoms with Gasteiger partial charge in [0.05, 0.1) is 5.69 Å². The summed E-state index contributed by atoms with van der Waals surface area (Å²) in [5.41, 5.74) is 0.849. The second kappa shape index (κ2) is 6.21. The van der Waals surface area contributed by atoms with E-state index in [0.29, 0.717) is 12.5 Å².